The minimum atomic E-state index is -3.11. The molecule has 0 amide bonds. The van der Waals surface area contributed by atoms with Crippen molar-refractivity contribution in [2.75, 3.05) is 6.26 Å². The number of aromatic nitrogens is 1. The van der Waals surface area contributed by atoms with Crippen LogP contribution in [-0.2, 0) is 10.0 Å². The molecule has 21 heavy (non-hydrogen) atoms. The maximum atomic E-state index is 11.3. The van der Waals surface area contributed by atoms with E-state index in [0.717, 1.165) is 36.2 Å². The number of nitrogens with one attached hydrogen (secondary N) is 2. The van der Waals surface area contributed by atoms with Gasteiger partial charge in [0.15, 0.2) is 0 Å². The van der Waals surface area contributed by atoms with Crippen molar-refractivity contribution in [2.45, 2.75) is 37.6 Å². The standard InChI is InChI=1S/C15H19ClN2O2S/c1-21(19,20)18-12-4-2-10(3-5-12)14-8-11(16)9-15-13(14)6-7-17-15/h6-10,12,17-18H,2-5H2,1H3. The third-order valence-electron chi connectivity index (χ3n) is 4.21. The molecule has 1 fully saturated rings. The fourth-order valence-electron chi connectivity index (χ4n) is 3.32. The molecule has 4 nitrogen and oxygen atoms in total. The van der Waals surface area contributed by atoms with Gasteiger partial charge in [0.1, 0.15) is 0 Å². The number of hydrogen-bond acceptors (Lipinski definition) is 2. The van der Waals surface area contributed by atoms with E-state index in [2.05, 4.69) is 15.8 Å². The van der Waals surface area contributed by atoms with Gasteiger partial charge >= 0.3 is 0 Å². The van der Waals surface area contributed by atoms with Crippen LogP contribution in [-0.4, -0.2) is 25.7 Å². The Morgan fingerprint density at radius 1 is 1.24 bits per heavy atom. The van der Waals surface area contributed by atoms with Crippen LogP contribution in [0.4, 0.5) is 0 Å². The van der Waals surface area contributed by atoms with Gasteiger partial charge in [-0.15, -0.1) is 0 Å². The second-order valence-corrected chi connectivity index (χ2v) is 8.09. The topological polar surface area (TPSA) is 62.0 Å². The summed E-state index contributed by atoms with van der Waals surface area (Å²) in [6, 6.07) is 6.14. The number of halogens is 1. The molecule has 1 aliphatic rings. The molecular weight excluding hydrogens is 308 g/mol. The fraction of sp³-hybridized carbons (Fsp3) is 0.467. The van der Waals surface area contributed by atoms with E-state index in [-0.39, 0.29) is 6.04 Å². The van der Waals surface area contributed by atoms with Crippen LogP contribution >= 0.6 is 11.6 Å². The Morgan fingerprint density at radius 3 is 2.62 bits per heavy atom. The number of H-pyrrole nitrogens is 1. The van der Waals surface area contributed by atoms with Crippen molar-refractivity contribution in [1.82, 2.24) is 9.71 Å². The highest BCUT2D eigenvalue weighted by atomic mass is 35.5. The predicted molar refractivity (Wildman–Crippen MR) is 86.3 cm³/mol. The lowest BCUT2D eigenvalue weighted by atomic mass is 9.81. The first-order valence-electron chi connectivity index (χ1n) is 7.16. The van der Waals surface area contributed by atoms with Crippen molar-refractivity contribution in [3.05, 3.63) is 35.0 Å². The largest absolute Gasteiger partial charge is 0.361 e. The summed E-state index contributed by atoms with van der Waals surface area (Å²) in [5, 5.41) is 1.97. The van der Waals surface area contributed by atoms with Gasteiger partial charge in [-0.3, -0.25) is 0 Å². The molecule has 2 aromatic rings. The molecule has 6 heteroatoms. The van der Waals surface area contributed by atoms with E-state index < -0.39 is 10.0 Å². The lowest BCUT2D eigenvalue weighted by Gasteiger charge is -2.29. The van der Waals surface area contributed by atoms with Crippen LogP contribution < -0.4 is 4.72 Å². The molecule has 1 aliphatic carbocycles. The summed E-state index contributed by atoms with van der Waals surface area (Å²) in [7, 11) is -3.11. The molecule has 0 bridgehead atoms. The Hall–Kier alpha value is -1.04. The zero-order valence-electron chi connectivity index (χ0n) is 11.9. The number of rotatable bonds is 3. The Bertz CT molecular complexity index is 746. The average Bonchev–Trinajstić information content (AvgIpc) is 2.85. The highest BCUT2D eigenvalue weighted by molar-refractivity contribution is 7.88. The molecule has 0 saturated heterocycles. The third kappa shape index (κ3) is 3.42. The quantitative estimate of drug-likeness (QED) is 0.908. The molecule has 2 N–H and O–H groups in total. The van der Waals surface area contributed by atoms with Crippen LogP contribution in [0.2, 0.25) is 5.02 Å². The molecule has 1 saturated carbocycles. The van der Waals surface area contributed by atoms with Crippen molar-refractivity contribution in [3.8, 4) is 0 Å². The number of aromatic amines is 1. The molecule has 0 atom stereocenters. The molecule has 1 aromatic heterocycles. The van der Waals surface area contributed by atoms with Crippen LogP contribution in [0.1, 0.15) is 37.2 Å². The molecule has 114 valence electrons. The zero-order chi connectivity index (χ0) is 15.0. The van der Waals surface area contributed by atoms with Gasteiger partial charge in [-0.05, 0) is 55.4 Å². The highest BCUT2D eigenvalue weighted by Gasteiger charge is 2.25. The van der Waals surface area contributed by atoms with Crippen molar-refractivity contribution < 1.29 is 8.42 Å². The van der Waals surface area contributed by atoms with E-state index in [9.17, 15) is 8.42 Å². The van der Waals surface area contributed by atoms with Crippen molar-refractivity contribution in [3.63, 3.8) is 0 Å². The van der Waals surface area contributed by atoms with Crippen LogP contribution in [0.5, 0.6) is 0 Å². The van der Waals surface area contributed by atoms with E-state index in [0.29, 0.717) is 5.92 Å². The first-order chi connectivity index (χ1) is 9.92. The summed E-state index contributed by atoms with van der Waals surface area (Å²) in [5.74, 6) is 0.444. The maximum Gasteiger partial charge on any atom is 0.208 e. The number of sulfonamides is 1. The average molecular weight is 327 g/mol. The van der Waals surface area contributed by atoms with Crippen molar-refractivity contribution >= 4 is 32.5 Å². The van der Waals surface area contributed by atoms with Gasteiger partial charge in [0, 0.05) is 28.2 Å². The van der Waals surface area contributed by atoms with Gasteiger partial charge in [-0.2, -0.15) is 0 Å². The molecular formula is C15H19ClN2O2S. The van der Waals surface area contributed by atoms with Gasteiger partial charge < -0.3 is 4.98 Å². The van der Waals surface area contributed by atoms with Crippen LogP contribution in [0.25, 0.3) is 10.9 Å². The minimum absolute atomic E-state index is 0.0668. The second-order valence-electron chi connectivity index (χ2n) is 5.87. The lowest BCUT2D eigenvalue weighted by molar-refractivity contribution is 0.376. The van der Waals surface area contributed by atoms with Crippen molar-refractivity contribution in [1.29, 1.82) is 0 Å². The van der Waals surface area contributed by atoms with Gasteiger partial charge in [0.05, 0.1) is 6.26 Å². The number of fused-ring (bicyclic) bond motifs is 1. The Morgan fingerprint density at radius 2 is 1.95 bits per heavy atom. The van der Waals surface area contributed by atoms with E-state index in [1.54, 1.807) is 0 Å². The van der Waals surface area contributed by atoms with Crippen LogP contribution in [0.15, 0.2) is 24.4 Å². The molecule has 0 radical (unpaired) electrons. The minimum Gasteiger partial charge on any atom is -0.361 e. The SMILES string of the molecule is CS(=O)(=O)NC1CCC(c2cc(Cl)cc3[nH]ccc23)CC1. The van der Waals surface area contributed by atoms with Gasteiger partial charge in [-0.25, -0.2) is 13.1 Å². The third-order valence-corrected chi connectivity index (χ3v) is 5.19. The number of benzene rings is 1. The maximum absolute atomic E-state index is 11.3. The molecule has 0 spiro atoms. The molecule has 0 aliphatic heterocycles. The Labute approximate surface area is 129 Å². The Kier molecular flexibility index (Phi) is 3.99. The summed E-state index contributed by atoms with van der Waals surface area (Å²) in [6.07, 6.45) is 6.86. The van der Waals surface area contributed by atoms with Crippen LogP contribution in [0, 0.1) is 0 Å². The molecule has 1 heterocycles. The summed E-state index contributed by atoms with van der Waals surface area (Å²) in [5.41, 5.74) is 2.34. The van der Waals surface area contributed by atoms with E-state index in [4.69, 9.17) is 11.6 Å². The highest BCUT2D eigenvalue weighted by Crippen LogP contribution is 2.38. The van der Waals surface area contributed by atoms with E-state index >= 15 is 0 Å². The molecule has 3 rings (SSSR count). The zero-order valence-corrected chi connectivity index (χ0v) is 13.5. The normalized spacial score (nSPS) is 23.5. The lowest BCUT2D eigenvalue weighted by Crippen LogP contribution is -2.36. The predicted octanol–water partition coefficient (Wildman–Crippen LogP) is 3.40. The second kappa shape index (κ2) is 5.63. The van der Waals surface area contributed by atoms with E-state index in [1.165, 1.54) is 17.2 Å². The monoisotopic (exact) mass is 326 g/mol. The fourth-order valence-corrected chi connectivity index (χ4v) is 4.39. The summed E-state index contributed by atoms with van der Waals surface area (Å²) >= 11 is 6.20. The van der Waals surface area contributed by atoms with Gasteiger partial charge in [0.2, 0.25) is 10.0 Å². The first-order valence-corrected chi connectivity index (χ1v) is 9.43. The number of hydrogen-bond donors (Lipinski definition) is 2. The summed E-state index contributed by atoms with van der Waals surface area (Å²) in [6.45, 7) is 0. The molecule has 0 unspecified atom stereocenters. The summed E-state index contributed by atoms with van der Waals surface area (Å²) in [4.78, 5) is 3.20. The van der Waals surface area contributed by atoms with E-state index in [1.807, 2.05) is 18.3 Å². The summed E-state index contributed by atoms with van der Waals surface area (Å²) < 4.78 is 25.3. The first kappa shape index (κ1) is 14.9. The van der Waals surface area contributed by atoms with Crippen molar-refractivity contribution in [2.24, 2.45) is 0 Å². The smallest absolute Gasteiger partial charge is 0.208 e. The van der Waals surface area contributed by atoms with Crippen LogP contribution in [0.3, 0.4) is 0 Å². The molecule has 1 aromatic carbocycles. The van der Waals surface area contributed by atoms with Gasteiger partial charge in [-0.1, -0.05) is 11.6 Å². The Balaban J connectivity index is 1.78. The van der Waals surface area contributed by atoms with Gasteiger partial charge in [0.25, 0.3) is 0 Å².